The SMILES string of the molecule is CC(=O)N[C@H]1[C@H](OC[C@H]2O[C@@H](O[C@H]3[C@H](O)[C@@H](O)[C@H](O)O[C@@H]3CO)[C@H](O)[C@@H](O[C@H]3O[C@H](CO)[C@H](O)[C@H](O[C@@H]4O[C@H](CO)[C@H](O)[C@H](O[C@H]5O[C@H](CO)[C@H](O)[C@H](O)[C@H]5NC(C)=O)[C@H]4NC(C)=O)[C@H]3O)[C@H]2O)O[C@H](CO)[C@@H](O[C@@H]2O[C@H](CO)[C@H](O[C@@H]3O[C@H](CO)[C@H](O)[C@H](O)[C@H]3NC(C)=O)[C@H](O)[C@H]2O)[C@@H]1O. The van der Waals surface area contributed by atoms with Crippen molar-refractivity contribution in [2.45, 2.75) is 273 Å². The summed E-state index contributed by atoms with van der Waals surface area (Å²) in [5, 5.41) is 251. The van der Waals surface area contributed by atoms with Gasteiger partial charge in [-0.15, -0.1) is 0 Å². The van der Waals surface area contributed by atoms with Gasteiger partial charge in [-0.05, 0) is 0 Å². The molecule has 101 heavy (non-hydrogen) atoms. The van der Waals surface area contributed by atoms with Gasteiger partial charge in [0.05, 0.1) is 52.9 Å². The average Bonchev–Trinajstić information content (AvgIpc) is 0.772. The predicted molar refractivity (Wildman–Crippen MR) is 311 cm³/mol. The van der Waals surface area contributed by atoms with Crippen molar-refractivity contribution >= 4 is 23.6 Å². The van der Waals surface area contributed by atoms with Crippen molar-refractivity contribution in [3.05, 3.63) is 0 Å². The maximum absolute atomic E-state index is 12.9. The Balaban J connectivity index is 1.04. The average molecular weight is 1480 g/mol. The minimum atomic E-state index is -2.42. The molecule has 0 radical (unpaired) electrons. The van der Waals surface area contributed by atoms with Crippen LogP contribution in [0.2, 0.25) is 0 Å². The minimum Gasteiger partial charge on any atom is -0.394 e. The summed E-state index contributed by atoms with van der Waals surface area (Å²) in [7, 11) is 0. The Morgan fingerprint density at radius 3 is 0.970 bits per heavy atom. The van der Waals surface area contributed by atoms with E-state index >= 15 is 0 Å². The van der Waals surface area contributed by atoms with E-state index in [1.807, 2.05) is 0 Å². The van der Waals surface area contributed by atoms with E-state index in [0.29, 0.717) is 0 Å². The molecule has 8 heterocycles. The number of hydrogen-bond acceptors (Lipinski definition) is 41. The van der Waals surface area contributed by atoms with Crippen LogP contribution in [-0.4, -0.2) is 434 Å². The fourth-order valence-corrected chi connectivity index (χ4v) is 13.0. The van der Waals surface area contributed by atoms with Gasteiger partial charge in [-0.2, -0.15) is 0 Å². The monoisotopic (exact) mass is 1480 g/mol. The maximum atomic E-state index is 12.9. The molecule has 45 heteroatoms. The lowest BCUT2D eigenvalue weighted by Gasteiger charge is -2.51. The summed E-state index contributed by atoms with van der Waals surface area (Å²) >= 11 is 0. The Kier molecular flexibility index (Phi) is 29.9. The van der Waals surface area contributed by atoms with Gasteiger partial charge in [-0.1, -0.05) is 0 Å². The minimum absolute atomic E-state index is 0.755. The molecule has 40 atom stereocenters. The molecule has 4 amide bonds. The molecule has 8 saturated heterocycles. The number of ether oxygens (including phenoxy) is 15. The second kappa shape index (κ2) is 36.3. The molecule has 8 aliphatic heterocycles. The second-order valence-corrected chi connectivity index (χ2v) is 25.4. The number of carbonyl (C=O) groups excluding carboxylic acids is 4. The molecule has 0 spiro atoms. The summed E-state index contributed by atoms with van der Waals surface area (Å²) < 4.78 is 87.5. The van der Waals surface area contributed by atoms with Gasteiger partial charge in [-0.25, -0.2) is 0 Å². The molecule has 0 aromatic heterocycles. The number of aliphatic hydroxyl groups excluding tert-OH is 22. The molecule has 0 aromatic rings. The lowest BCUT2D eigenvalue weighted by atomic mass is 9.93. The predicted octanol–water partition coefficient (Wildman–Crippen LogP) is -17.9. The van der Waals surface area contributed by atoms with Gasteiger partial charge in [-0.3, -0.25) is 19.2 Å². The lowest BCUT2D eigenvalue weighted by molar-refractivity contribution is -0.391. The number of nitrogens with one attached hydrogen (secondary N) is 4. The lowest BCUT2D eigenvalue weighted by Crippen LogP contribution is -2.71. The summed E-state index contributed by atoms with van der Waals surface area (Å²) in [6.45, 7) is -4.26. The summed E-state index contributed by atoms with van der Waals surface area (Å²) in [5.74, 6) is -3.36. The van der Waals surface area contributed by atoms with Crippen LogP contribution in [0.5, 0.6) is 0 Å². The number of aliphatic hydroxyl groups is 22. The molecule has 26 N–H and O–H groups in total. The van der Waals surface area contributed by atoms with E-state index in [-0.39, 0.29) is 0 Å². The van der Waals surface area contributed by atoms with Gasteiger partial charge in [0.1, 0.15) is 195 Å². The van der Waals surface area contributed by atoms with E-state index in [0.717, 1.165) is 27.7 Å². The second-order valence-electron chi connectivity index (χ2n) is 25.4. The van der Waals surface area contributed by atoms with Crippen LogP contribution in [0.1, 0.15) is 27.7 Å². The Bertz CT molecular complexity index is 2640. The van der Waals surface area contributed by atoms with Crippen LogP contribution in [0.25, 0.3) is 0 Å². The normalized spacial score (nSPS) is 48.3. The van der Waals surface area contributed by atoms with Gasteiger partial charge in [0, 0.05) is 27.7 Å². The summed E-state index contributed by atoms with van der Waals surface area (Å²) in [6, 6.07) is -6.90. The third kappa shape index (κ3) is 18.5. The first-order chi connectivity index (χ1) is 47.8. The number of amides is 4. The van der Waals surface area contributed by atoms with Crippen LogP contribution < -0.4 is 21.3 Å². The van der Waals surface area contributed by atoms with Crippen LogP contribution >= 0.6 is 0 Å². The van der Waals surface area contributed by atoms with E-state index in [4.69, 9.17) is 71.1 Å². The standard InChI is InChI=1S/C56H94N4O41/c1-13(68)57-25-34(77)29(72)17(5-61)89-51(25)96-45-23(11-67)94-54(40(83)38(45)81)97-43-22(10-66)93-50(27(36(43)79)59-15(3)70)87-12-24-33(76)48(42(85)56(95-24)98-44-21(9-65)88-49(86)39(82)37(44)80)101-55-41(84)47(32(75)20(8-64)92-55)100-53-28(60-16(4)71)46(31(74)19(7-63)91-53)99-52-26(58-14(2)69)35(78)30(73)18(6-62)90-52/h17-56,61-67,72-86H,5-12H2,1-4H3,(H,57,68)(H,58,69)(H,59,70)(H,60,71)/t17-,18-,19-,20-,21-,22-,23-,24-,25-,26-,27-,28-,29+,30+,31+,32+,33+,34-,35-,36-,37-,38-,39-,40-,41-,42-,43-,44-,45+,46-,47+,48+,49-,50-,51+,52-,53+,54+,55-,56+/m1/s1. The first-order valence-electron chi connectivity index (χ1n) is 32.1. The molecular weight excluding hydrogens is 1380 g/mol. The fourth-order valence-electron chi connectivity index (χ4n) is 13.0. The van der Waals surface area contributed by atoms with Crippen LogP contribution in [-0.2, 0) is 90.2 Å². The van der Waals surface area contributed by atoms with Gasteiger partial charge in [0.15, 0.2) is 50.3 Å². The molecule has 584 valence electrons. The quantitative estimate of drug-likeness (QED) is 0.0382. The van der Waals surface area contributed by atoms with Gasteiger partial charge < -0.3 is 205 Å². The highest BCUT2D eigenvalue weighted by Gasteiger charge is 2.60. The van der Waals surface area contributed by atoms with Crippen LogP contribution in [0.4, 0.5) is 0 Å². The van der Waals surface area contributed by atoms with Crippen LogP contribution in [0, 0.1) is 0 Å². The summed E-state index contributed by atoms with van der Waals surface area (Å²) in [5.41, 5.74) is 0. The van der Waals surface area contributed by atoms with E-state index in [1.54, 1.807) is 0 Å². The first-order valence-corrected chi connectivity index (χ1v) is 32.1. The van der Waals surface area contributed by atoms with Crippen molar-refractivity contribution in [2.24, 2.45) is 0 Å². The number of carbonyl (C=O) groups is 4. The largest absolute Gasteiger partial charge is 0.394 e. The maximum Gasteiger partial charge on any atom is 0.217 e. The molecule has 0 aliphatic carbocycles. The zero-order chi connectivity index (χ0) is 74.5. The molecule has 0 aromatic carbocycles. The summed E-state index contributed by atoms with van der Waals surface area (Å²) in [6.07, 6.45) is -72.0. The topological polar surface area (TPSA) is 700 Å². The van der Waals surface area contributed by atoms with Gasteiger partial charge in [0.2, 0.25) is 23.6 Å². The molecule has 0 saturated carbocycles. The third-order valence-corrected chi connectivity index (χ3v) is 18.2. The van der Waals surface area contributed by atoms with E-state index < -0.39 is 322 Å². The first kappa shape index (κ1) is 83.0. The van der Waals surface area contributed by atoms with E-state index in [2.05, 4.69) is 21.3 Å². The highest BCUT2D eigenvalue weighted by molar-refractivity contribution is 5.74. The highest BCUT2D eigenvalue weighted by Crippen LogP contribution is 2.39. The molecule has 8 aliphatic rings. The smallest absolute Gasteiger partial charge is 0.217 e. The number of hydrogen-bond donors (Lipinski definition) is 26. The van der Waals surface area contributed by atoms with Crippen molar-refractivity contribution in [3.63, 3.8) is 0 Å². The van der Waals surface area contributed by atoms with Crippen molar-refractivity contribution in [1.29, 1.82) is 0 Å². The molecular formula is C56H94N4O41. The molecule has 45 nitrogen and oxygen atoms in total. The van der Waals surface area contributed by atoms with Gasteiger partial charge >= 0.3 is 0 Å². The molecule has 8 rings (SSSR count). The Hall–Kier alpha value is -3.60. The molecule has 0 bridgehead atoms. The van der Waals surface area contributed by atoms with Crippen LogP contribution in [0.3, 0.4) is 0 Å². The number of rotatable bonds is 26. The van der Waals surface area contributed by atoms with E-state index in [9.17, 15) is 132 Å². The third-order valence-electron chi connectivity index (χ3n) is 18.2. The highest BCUT2D eigenvalue weighted by atomic mass is 16.8. The Morgan fingerprint density at radius 2 is 0.535 bits per heavy atom. The molecule has 8 fully saturated rings. The fraction of sp³-hybridized carbons (Fsp3) is 0.929. The molecule has 0 unspecified atom stereocenters. The van der Waals surface area contributed by atoms with Crippen LogP contribution in [0.15, 0.2) is 0 Å². The van der Waals surface area contributed by atoms with E-state index in [1.165, 1.54) is 0 Å². The zero-order valence-electron chi connectivity index (χ0n) is 54.3. The van der Waals surface area contributed by atoms with Crippen molar-refractivity contribution in [3.8, 4) is 0 Å². The van der Waals surface area contributed by atoms with Crippen molar-refractivity contribution in [1.82, 2.24) is 21.3 Å². The van der Waals surface area contributed by atoms with Crippen molar-refractivity contribution < 1.29 is 203 Å². The zero-order valence-corrected chi connectivity index (χ0v) is 54.3. The van der Waals surface area contributed by atoms with Gasteiger partial charge in [0.25, 0.3) is 0 Å². The Labute approximate surface area is 572 Å². The summed E-state index contributed by atoms with van der Waals surface area (Å²) in [4.78, 5) is 50.2. The Morgan fingerprint density at radius 1 is 0.257 bits per heavy atom. The van der Waals surface area contributed by atoms with Crippen molar-refractivity contribution in [2.75, 3.05) is 52.9 Å².